The number of aliphatic hydroxyl groups is 1. The van der Waals surface area contributed by atoms with Crippen molar-refractivity contribution in [3.63, 3.8) is 0 Å². The lowest BCUT2D eigenvalue weighted by Crippen LogP contribution is -2.54. The first-order chi connectivity index (χ1) is 19.5. The molecule has 0 unspecified atom stereocenters. The van der Waals surface area contributed by atoms with Crippen molar-refractivity contribution >= 4 is 5.91 Å². The van der Waals surface area contributed by atoms with E-state index in [1.54, 1.807) is 25.6 Å². The van der Waals surface area contributed by atoms with E-state index in [2.05, 4.69) is 15.3 Å². The first kappa shape index (κ1) is 27.8. The number of ether oxygens (including phenoxy) is 2. The van der Waals surface area contributed by atoms with Crippen molar-refractivity contribution in [2.45, 2.75) is 49.8 Å². The molecule has 0 bridgehead atoms. The number of nitrogens with zero attached hydrogens (tertiary/aromatic N) is 5. The highest BCUT2D eigenvalue weighted by Gasteiger charge is 2.42. The van der Waals surface area contributed by atoms with Gasteiger partial charge in [-0.2, -0.15) is 5.26 Å². The molecule has 2 N–H and O–H groups in total. The number of pyridine rings is 1. The summed E-state index contributed by atoms with van der Waals surface area (Å²) in [4.78, 5) is 24.9. The summed E-state index contributed by atoms with van der Waals surface area (Å²) in [7, 11) is 1.61. The van der Waals surface area contributed by atoms with Gasteiger partial charge in [0, 0.05) is 57.0 Å². The Hall–Kier alpha value is -3.78. The van der Waals surface area contributed by atoms with Crippen LogP contribution in [0.1, 0.15) is 54.2 Å². The second-order valence-corrected chi connectivity index (χ2v) is 10.5. The van der Waals surface area contributed by atoms with E-state index in [4.69, 9.17) is 14.7 Å². The summed E-state index contributed by atoms with van der Waals surface area (Å²) in [6.07, 6.45) is 7.13. The summed E-state index contributed by atoms with van der Waals surface area (Å²) in [5.41, 5.74) is 1.44. The Kier molecular flexibility index (Phi) is 8.75. The van der Waals surface area contributed by atoms with Crippen LogP contribution in [0, 0.1) is 11.3 Å². The lowest BCUT2D eigenvalue weighted by atomic mass is 9.80. The van der Waals surface area contributed by atoms with E-state index < -0.39 is 5.60 Å². The predicted octanol–water partition coefficient (Wildman–Crippen LogP) is 3.19. The van der Waals surface area contributed by atoms with E-state index in [0.717, 1.165) is 30.5 Å². The maximum absolute atomic E-state index is 14.1. The number of methoxy groups -OCH3 is 1. The van der Waals surface area contributed by atoms with Crippen molar-refractivity contribution in [1.82, 2.24) is 24.8 Å². The number of aromatic nitrogens is 3. The molecule has 1 amide bonds. The van der Waals surface area contributed by atoms with Gasteiger partial charge in [-0.3, -0.25) is 4.79 Å². The number of hydrogen-bond acceptors (Lipinski definition) is 8. The second kappa shape index (κ2) is 12.6. The van der Waals surface area contributed by atoms with Gasteiger partial charge in [0.2, 0.25) is 5.88 Å². The fraction of sp³-hybridized carbons (Fsp3) is 0.467. The van der Waals surface area contributed by atoms with E-state index in [9.17, 15) is 9.90 Å². The third kappa shape index (κ3) is 5.87. The van der Waals surface area contributed by atoms with E-state index in [-0.39, 0.29) is 24.6 Å². The summed E-state index contributed by atoms with van der Waals surface area (Å²) >= 11 is 0. The average Bonchev–Trinajstić information content (AvgIpc) is 3.43. The molecule has 3 atom stereocenters. The fourth-order valence-electron chi connectivity index (χ4n) is 5.91. The van der Waals surface area contributed by atoms with Gasteiger partial charge in [0.05, 0.1) is 36.8 Å². The Labute approximate surface area is 234 Å². The average molecular weight is 545 g/mol. The molecule has 0 radical (unpaired) electrons. The largest absolute Gasteiger partial charge is 0.478 e. The van der Waals surface area contributed by atoms with E-state index in [1.807, 2.05) is 45.9 Å². The van der Waals surface area contributed by atoms with Crippen molar-refractivity contribution in [3.8, 4) is 23.2 Å². The number of carbonyl (C=O) groups excluding carboxylic acids is 1. The number of piperazine rings is 1. The highest BCUT2D eigenvalue weighted by molar-refractivity contribution is 5.98. The third-order valence-corrected chi connectivity index (χ3v) is 7.91. The lowest BCUT2D eigenvalue weighted by Gasteiger charge is -2.41. The number of nitriles is 1. The number of carbonyl (C=O) groups is 1. The molecule has 210 valence electrons. The molecule has 2 fully saturated rings. The predicted molar refractivity (Wildman–Crippen MR) is 149 cm³/mol. The molecule has 2 aliphatic rings. The number of benzene rings is 1. The van der Waals surface area contributed by atoms with Gasteiger partial charge in [-0.25, -0.2) is 9.97 Å². The van der Waals surface area contributed by atoms with E-state index >= 15 is 0 Å². The van der Waals surface area contributed by atoms with Crippen LogP contribution in [0.5, 0.6) is 5.88 Å². The van der Waals surface area contributed by atoms with E-state index in [0.29, 0.717) is 56.2 Å². The van der Waals surface area contributed by atoms with Crippen LogP contribution < -0.4 is 10.1 Å². The Morgan fingerprint density at radius 3 is 2.83 bits per heavy atom. The molecule has 2 aromatic heterocycles. The maximum Gasteiger partial charge on any atom is 0.275 e. The SMILES string of the molecule is COC[C@]1(O)CCCC[C@H]1n1cnc(C(=O)N2CCNC[C@H]2CCOc2ccc(C#N)cn2)c1-c1ccccc1. The summed E-state index contributed by atoms with van der Waals surface area (Å²) in [5.74, 6) is 0.313. The normalized spacial score (nSPS) is 23.0. The van der Waals surface area contributed by atoms with Gasteiger partial charge in [0.15, 0.2) is 5.69 Å². The molecule has 10 nitrogen and oxygen atoms in total. The van der Waals surface area contributed by atoms with Crippen molar-refractivity contribution in [2.75, 3.05) is 40.0 Å². The zero-order valence-electron chi connectivity index (χ0n) is 22.8. The monoisotopic (exact) mass is 544 g/mol. The zero-order valence-corrected chi connectivity index (χ0v) is 22.8. The van der Waals surface area contributed by atoms with Gasteiger partial charge >= 0.3 is 0 Å². The van der Waals surface area contributed by atoms with Crippen LogP contribution in [0.4, 0.5) is 0 Å². The van der Waals surface area contributed by atoms with Crippen LogP contribution in [-0.2, 0) is 4.74 Å². The number of imidazole rings is 1. The van der Waals surface area contributed by atoms with Crippen molar-refractivity contribution in [2.24, 2.45) is 0 Å². The van der Waals surface area contributed by atoms with Crippen LogP contribution in [0.25, 0.3) is 11.3 Å². The lowest BCUT2D eigenvalue weighted by molar-refractivity contribution is -0.0893. The van der Waals surface area contributed by atoms with Crippen LogP contribution in [-0.4, -0.2) is 82.0 Å². The molecule has 1 aliphatic heterocycles. The minimum Gasteiger partial charge on any atom is -0.478 e. The van der Waals surface area contributed by atoms with Gasteiger partial charge in [-0.1, -0.05) is 43.2 Å². The quantitative estimate of drug-likeness (QED) is 0.421. The summed E-state index contributed by atoms with van der Waals surface area (Å²) in [6, 6.07) is 14.9. The molecular formula is C30H36N6O4. The van der Waals surface area contributed by atoms with E-state index in [1.165, 1.54) is 6.20 Å². The van der Waals surface area contributed by atoms with Gasteiger partial charge in [0.25, 0.3) is 5.91 Å². The molecule has 0 spiro atoms. The number of nitrogens with one attached hydrogen (secondary N) is 1. The first-order valence-corrected chi connectivity index (χ1v) is 13.9. The van der Waals surface area contributed by atoms with Crippen molar-refractivity contribution in [1.29, 1.82) is 5.26 Å². The van der Waals surface area contributed by atoms with Crippen LogP contribution in [0.15, 0.2) is 55.0 Å². The fourth-order valence-corrected chi connectivity index (χ4v) is 5.91. The molecular weight excluding hydrogens is 508 g/mol. The van der Waals surface area contributed by atoms with Gasteiger partial charge in [-0.05, 0) is 18.9 Å². The second-order valence-electron chi connectivity index (χ2n) is 10.5. The first-order valence-electron chi connectivity index (χ1n) is 13.9. The maximum atomic E-state index is 14.1. The summed E-state index contributed by atoms with van der Waals surface area (Å²) in [6.45, 7) is 2.49. The highest BCUT2D eigenvalue weighted by Crippen LogP contribution is 2.41. The molecule has 5 rings (SSSR count). The zero-order chi connectivity index (χ0) is 28.0. The molecule has 40 heavy (non-hydrogen) atoms. The highest BCUT2D eigenvalue weighted by atomic mass is 16.5. The number of rotatable bonds is 9. The number of amides is 1. The number of hydrogen-bond donors (Lipinski definition) is 2. The Morgan fingerprint density at radius 1 is 1.23 bits per heavy atom. The summed E-state index contributed by atoms with van der Waals surface area (Å²) < 4.78 is 13.2. The standard InChI is InChI=1S/C30H36N6O4/c1-39-20-30(38)13-6-5-9-25(30)36-21-34-27(28(36)23-7-3-2-4-8-23)29(37)35-15-14-32-19-24(35)12-16-40-26-11-10-22(17-31)18-33-26/h2-4,7-8,10-11,18,21,24-25,32,38H,5-6,9,12-16,19-20H2,1H3/t24-,25-,30-/m1/s1. The van der Waals surface area contributed by atoms with Crippen molar-refractivity contribution in [3.05, 3.63) is 66.2 Å². The minimum absolute atomic E-state index is 0.0893. The molecule has 3 aromatic rings. The van der Waals surface area contributed by atoms with Gasteiger partial charge in [-0.15, -0.1) is 0 Å². The van der Waals surface area contributed by atoms with Crippen molar-refractivity contribution < 1.29 is 19.4 Å². The van der Waals surface area contributed by atoms with Gasteiger partial charge in [0.1, 0.15) is 11.7 Å². The Bertz CT molecular complexity index is 1320. The van der Waals surface area contributed by atoms with Crippen LogP contribution in [0.3, 0.4) is 0 Å². The summed E-state index contributed by atoms with van der Waals surface area (Å²) in [5, 5.41) is 24.0. The Balaban J connectivity index is 1.40. The Morgan fingerprint density at radius 2 is 2.08 bits per heavy atom. The van der Waals surface area contributed by atoms with Crippen LogP contribution >= 0.6 is 0 Å². The molecule has 1 saturated carbocycles. The smallest absolute Gasteiger partial charge is 0.275 e. The molecule has 1 aliphatic carbocycles. The topological polar surface area (TPSA) is 126 Å². The van der Waals surface area contributed by atoms with Crippen LogP contribution in [0.2, 0.25) is 0 Å². The third-order valence-electron chi connectivity index (χ3n) is 7.91. The molecule has 1 saturated heterocycles. The molecule has 3 heterocycles. The molecule has 1 aromatic carbocycles. The van der Waals surface area contributed by atoms with Gasteiger partial charge < -0.3 is 29.4 Å². The minimum atomic E-state index is -1.04. The molecule has 10 heteroatoms.